The van der Waals surface area contributed by atoms with Gasteiger partial charge in [-0.2, -0.15) is 0 Å². The number of likely N-dealkylation sites (N-methyl/N-ethyl adjacent to an activating group) is 1. The summed E-state index contributed by atoms with van der Waals surface area (Å²) in [5, 5.41) is 13.0. The highest BCUT2D eigenvalue weighted by Gasteiger charge is 2.11. The molecule has 0 aliphatic carbocycles. The fraction of sp³-hybridized carbons (Fsp3) is 0.250. The van der Waals surface area contributed by atoms with Crippen LogP contribution in [-0.4, -0.2) is 18.2 Å². The lowest BCUT2D eigenvalue weighted by Gasteiger charge is -2.17. The minimum absolute atomic E-state index is 0.197. The molecule has 0 bridgehead atoms. The van der Waals surface area contributed by atoms with E-state index in [9.17, 15) is 9.50 Å². The molecule has 2 aromatic rings. The van der Waals surface area contributed by atoms with Gasteiger partial charge in [0.2, 0.25) is 0 Å². The van der Waals surface area contributed by atoms with Crippen LogP contribution in [0.15, 0.2) is 42.5 Å². The van der Waals surface area contributed by atoms with Gasteiger partial charge in [0.15, 0.2) is 0 Å². The molecule has 0 amide bonds. The molecular weight excluding hydrogens is 277 g/mol. The Bertz CT molecular complexity index is 571. The monoisotopic (exact) mass is 293 g/mol. The average Bonchev–Trinajstić information content (AvgIpc) is 2.43. The Morgan fingerprint density at radius 1 is 1.15 bits per heavy atom. The third kappa shape index (κ3) is 3.95. The van der Waals surface area contributed by atoms with Crippen molar-refractivity contribution in [2.45, 2.75) is 18.9 Å². The molecule has 1 atom stereocenters. The second kappa shape index (κ2) is 6.73. The SMILES string of the molecule is CNC(Cc1ccc(O)cc1)Cc1ccc(F)cc1Cl. The fourth-order valence-corrected chi connectivity index (χ4v) is 2.39. The van der Waals surface area contributed by atoms with E-state index >= 15 is 0 Å². The quantitative estimate of drug-likeness (QED) is 0.883. The van der Waals surface area contributed by atoms with Crippen molar-refractivity contribution in [2.24, 2.45) is 0 Å². The van der Waals surface area contributed by atoms with Gasteiger partial charge in [0, 0.05) is 11.1 Å². The van der Waals surface area contributed by atoms with E-state index in [4.69, 9.17) is 11.6 Å². The maximum Gasteiger partial charge on any atom is 0.124 e. The molecule has 2 rings (SSSR count). The van der Waals surface area contributed by atoms with Crippen molar-refractivity contribution in [2.75, 3.05) is 7.05 Å². The van der Waals surface area contributed by atoms with Crippen molar-refractivity contribution in [1.29, 1.82) is 0 Å². The number of halogens is 2. The Morgan fingerprint density at radius 3 is 2.45 bits per heavy atom. The Labute approximate surface area is 123 Å². The zero-order valence-electron chi connectivity index (χ0n) is 11.2. The number of benzene rings is 2. The van der Waals surface area contributed by atoms with E-state index in [2.05, 4.69) is 5.32 Å². The largest absolute Gasteiger partial charge is 0.508 e. The van der Waals surface area contributed by atoms with Crippen LogP contribution in [0, 0.1) is 5.82 Å². The van der Waals surface area contributed by atoms with Crippen LogP contribution in [0.1, 0.15) is 11.1 Å². The van der Waals surface area contributed by atoms with Crippen LogP contribution in [0.2, 0.25) is 5.02 Å². The summed E-state index contributed by atoms with van der Waals surface area (Å²) in [5.41, 5.74) is 2.05. The lowest BCUT2D eigenvalue weighted by atomic mass is 9.99. The van der Waals surface area contributed by atoms with Gasteiger partial charge in [0.25, 0.3) is 0 Å². The molecule has 1 unspecified atom stereocenters. The van der Waals surface area contributed by atoms with E-state index < -0.39 is 0 Å². The van der Waals surface area contributed by atoms with E-state index in [1.807, 2.05) is 19.2 Å². The highest BCUT2D eigenvalue weighted by atomic mass is 35.5. The summed E-state index contributed by atoms with van der Waals surface area (Å²) >= 11 is 6.05. The second-order valence-electron chi connectivity index (χ2n) is 4.80. The van der Waals surface area contributed by atoms with Crippen molar-refractivity contribution in [3.8, 4) is 5.75 Å². The summed E-state index contributed by atoms with van der Waals surface area (Å²) in [7, 11) is 1.89. The third-order valence-electron chi connectivity index (χ3n) is 3.31. The molecule has 2 aromatic carbocycles. The van der Waals surface area contributed by atoms with Crippen molar-refractivity contribution in [1.82, 2.24) is 5.32 Å². The molecule has 0 spiro atoms. The Balaban J connectivity index is 2.07. The predicted octanol–water partition coefficient (Wildman–Crippen LogP) is 3.56. The molecule has 0 fully saturated rings. The number of aromatic hydroxyl groups is 1. The molecule has 0 heterocycles. The maximum absolute atomic E-state index is 13.0. The molecule has 0 aliphatic rings. The normalized spacial score (nSPS) is 12.3. The Morgan fingerprint density at radius 2 is 1.85 bits per heavy atom. The van der Waals surface area contributed by atoms with Gasteiger partial charge in [-0.3, -0.25) is 0 Å². The average molecular weight is 294 g/mol. The van der Waals surface area contributed by atoms with E-state index in [1.54, 1.807) is 18.2 Å². The first-order valence-electron chi connectivity index (χ1n) is 6.47. The minimum atomic E-state index is -0.321. The summed E-state index contributed by atoms with van der Waals surface area (Å²) in [6.07, 6.45) is 1.53. The fourth-order valence-electron chi connectivity index (χ4n) is 2.15. The predicted molar refractivity (Wildman–Crippen MR) is 79.8 cm³/mol. The van der Waals surface area contributed by atoms with Crippen LogP contribution in [0.4, 0.5) is 4.39 Å². The highest BCUT2D eigenvalue weighted by molar-refractivity contribution is 6.31. The van der Waals surface area contributed by atoms with Crippen LogP contribution in [0.5, 0.6) is 5.75 Å². The molecule has 20 heavy (non-hydrogen) atoms. The van der Waals surface area contributed by atoms with Crippen molar-refractivity contribution >= 4 is 11.6 Å². The van der Waals surface area contributed by atoms with Crippen molar-refractivity contribution in [3.05, 3.63) is 64.4 Å². The van der Waals surface area contributed by atoms with Gasteiger partial charge in [-0.1, -0.05) is 29.8 Å². The molecule has 106 valence electrons. The molecule has 2 nitrogen and oxygen atoms in total. The van der Waals surface area contributed by atoms with Gasteiger partial charge in [0.1, 0.15) is 11.6 Å². The van der Waals surface area contributed by atoms with Crippen molar-refractivity contribution in [3.63, 3.8) is 0 Å². The van der Waals surface area contributed by atoms with Gasteiger partial charge in [-0.25, -0.2) is 4.39 Å². The highest BCUT2D eigenvalue weighted by Crippen LogP contribution is 2.20. The summed E-state index contributed by atoms with van der Waals surface area (Å²) in [6.45, 7) is 0. The summed E-state index contributed by atoms with van der Waals surface area (Å²) in [5.74, 6) is -0.0605. The molecule has 0 saturated heterocycles. The molecule has 2 N–H and O–H groups in total. The van der Waals surface area contributed by atoms with Crippen LogP contribution in [-0.2, 0) is 12.8 Å². The molecule has 0 aromatic heterocycles. The van der Waals surface area contributed by atoms with E-state index in [1.165, 1.54) is 12.1 Å². The zero-order chi connectivity index (χ0) is 14.5. The smallest absolute Gasteiger partial charge is 0.124 e. The zero-order valence-corrected chi connectivity index (χ0v) is 12.0. The van der Waals surface area contributed by atoms with Gasteiger partial charge in [0.05, 0.1) is 0 Å². The topological polar surface area (TPSA) is 32.3 Å². The minimum Gasteiger partial charge on any atom is -0.508 e. The van der Waals surface area contributed by atoms with Gasteiger partial charge in [-0.15, -0.1) is 0 Å². The van der Waals surface area contributed by atoms with Crippen molar-refractivity contribution < 1.29 is 9.50 Å². The van der Waals surface area contributed by atoms with Crippen LogP contribution < -0.4 is 5.32 Å². The number of rotatable bonds is 5. The van der Waals surface area contributed by atoms with Gasteiger partial charge in [-0.05, 0) is 55.3 Å². The van der Waals surface area contributed by atoms with E-state index in [0.29, 0.717) is 5.02 Å². The first-order valence-corrected chi connectivity index (χ1v) is 6.85. The number of hydrogen-bond acceptors (Lipinski definition) is 2. The molecule has 0 aliphatic heterocycles. The first-order chi connectivity index (χ1) is 9.58. The number of nitrogens with one attached hydrogen (secondary N) is 1. The lowest BCUT2D eigenvalue weighted by molar-refractivity contribution is 0.474. The number of phenols is 1. The van der Waals surface area contributed by atoms with Crippen LogP contribution in [0.3, 0.4) is 0 Å². The summed E-state index contributed by atoms with van der Waals surface area (Å²) in [4.78, 5) is 0. The Kier molecular flexibility index (Phi) is 4.99. The van der Waals surface area contributed by atoms with E-state index in [0.717, 1.165) is 24.0 Å². The lowest BCUT2D eigenvalue weighted by Crippen LogP contribution is -2.30. The summed E-state index contributed by atoms with van der Waals surface area (Å²) in [6, 6.07) is 11.8. The molecule has 0 saturated carbocycles. The van der Waals surface area contributed by atoms with E-state index in [-0.39, 0.29) is 17.6 Å². The second-order valence-corrected chi connectivity index (χ2v) is 5.20. The first kappa shape index (κ1) is 14.8. The Hall–Kier alpha value is -1.58. The molecule has 0 radical (unpaired) electrons. The number of phenolic OH excluding ortho intramolecular Hbond substituents is 1. The molecule has 4 heteroatoms. The maximum atomic E-state index is 13.0. The molecular formula is C16H17ClFNO. The number of hydrogen-bond donors (Lipinski definition) is 2. The van der Waals surface area contributed by atoms with Crippen LogP contribution >= 0.6 is 11.6 Å². The summed E-state index contributed by atoms with van der Waals surface area (Å²) < 4.78 is 13.0. The van der Waals surface area contributed by atoms with Crippen LogP contribution in [0.25, 0.3) is 0 Å². The van der Waals surface area contributed by atoms with Gasteiger partial charge >= 0.3 is 0 Å². The van der Waals surface area contributed by atoms with Gasteiger partial charge < -0.3 is 10.4 Å². The standard InChI is InChI=1S/C16H17ClFNO/c1-19-14(8-11-2-6-15(20)7-3-11)9-12-4-5-13(18)10-16(12)17/h2-7,10,14,19-20H,8-9H2,1H3. The third-order valence-corrected chi connectivity index (χ3v) is 3.66.